The number of carbonyl (C=O) groups is 1. The van der Waals surface area contributed by atoms with Gasteiger partial charge in [0.2, 0.25) is 0 Å². The summed E-state index contributed by atoms with van der Waals surface area (Å²) in [5.74, 6) is -0.153. The van der Waals surface area contributed by atoms with Crippen molar-refractivity contribution in [2.24, 2.45) is 0 Å². The van der Waals surface area contributed by atoms with Crippen molar-refractivity contribution in [2.75, 3.05) is 6.54 Å². The van der Waals surface area contributed by atoms with E-state index in [2.05, 4.69) is 21.2 Å². The molecule has 1 rings (SSSR count). The van der Waals surface area contributed by atoms with Crippen molar-refractivity contribution in [3.63, 3.8) is 0 Å². The Morgan fingerprint density at radius 1 is 1.60 bits per heavy atom. The molecular formula is C10H10BrCl2NO. The van der Waals surface area contributed by atoms with Crippen LogP contribution in [0.3, 0.4) is 0 Å². The van der Waals surface area contributed by atoms with Gasteiger partial charge in [-0.1, -0.05) is 11.6 Å². The number of halogens is 3. The number of nitrogens with one attached hydrogen (secondary N) is 1. The van der Waals surface area contributed by atoms with E-state index in [1.165, 1.54) is 0 Å². The fourth-order valence-electron chi connectivity index (χ4n) is 0.973. The topological polar surface area (TPSA) is 29.1 Å². The van der Waals surface area contributed by atoms with Gasteiger partial charge >= 0.3 is 0 Å². The van der Waals surface area contributed by atoms with Crippen molar-refractivity contribution in [1.82, 2.24) is 5.32 Å². The third kappa shape index (κ3) is 4.01. The average Bonchev–Trinajstić information content (AvgIpc) is 2.18. The molecular weight excluding hydrogens is 301 g/mol. The van der Waals surface area contributed by atoms with Crippen molar-refractivity contribution in [2.45, 2.75) is 12.3 Å². The van der Waals surface area contributed by atoms with Gasteiger partial charge in [-0.15, -0.1) is 11.6 Å². The molecule has 0 fully saturated rings. The van der Waals surface area contributed by atoms with Crippen molar-refractivity contribution in [3.05, 3.63) is 33.3 Å². The maximum absolute atomic E-state index is 11.6. The average molecular weight is 311 g/mol. The lowest BCUT2D eigenvalue weighted by Gasteiger charge is -2.07. The molecule has 1 N–H and O–H groups in total. The summed E-state index contributed by atoms with van der Waals surface area (Å²) in [6.07, 6.45) is 0. The zero-order valence-corrected chi connectivity index (χ0v) is 11.2. The molecule has 1 atom stereocenters. The summed E-state index contributed by atoms with van der Waals surface area (Å²) >= 11 is 14.8. The first-order valence-electron chi connectivity index (χ1n) is 4.38. The van der Waals surface area contributed by atoms with Gasteiger partial charge in [0.15, 0.2) is 0 Å². The van der Waals surface area contributed by atoms with Crippen LogP contribution in [0, 0.1) is 0 Å². The number of amides is 1. The van der Waals surface area contributed by atoms with Crippen LogP contribution in [0.4, 0.5) is 0 Å². The highest BCUT2D eigenvalue weighted by atomic mass is 79.9. The van der Waals surface area contributed by atoms with Crippen LogP contribution < -0.4 is 5.32 Å². The summed E-state index contributed by atoms with van der Waals surface area (Å²) in [4.78, 5) is 11.6. The lowest BCUT2D eigenvalue weighted by atomic mass is 10.2. The molecule has 0 saturated heterocycles. The van der Waals surface area contributed by atoms with Crippen molar-refractivity contribution < 1.29 is 4.79 Å². The van der Waals surface area contributed by atoms with Crippen LogP contribution in [-0.2, 0) is 0 Å². The second-order valence-electron chi connectivity index (χ2n) is 3.12. The molecule has 2 nitrogen and oxygen atoms in total. The molecule has 0 radical (unpaired) electrons. The van der Waals surface area contributed by atoms with E-state index in [9.17, 15) is 4.79 Å². The Kier molecular flexibility index (Phi) is 4.90. The first kappa shape index (κ1) is 12.8. The molecule has 15 heavy (non-hydrogen) atoms. The van der Waals surface area contributed by atoms with Crippen molar-refractivity contribution in [1.29, 1.82) is 0 Å². The maximum atomic E-state index is 11.6. The summed E-state index contributed by atoms with van der Waals surface area (Å²) in [6.45, 7) is 2.26. The van der Waals surface area contributed by atoms with Crippen LogP contribution in [0.25, 0.3) is 0 Å². The monoisotopic (exact) mass is 309 g/mol. The smallest absolute Gasteiger partial charge is 0.251 e. The van der Waals surface area contributed by atoms with Crippen LogP contribution in [0.2, 0.25) is 5.02 Å². The Bertz CT molecular complexity index is 368. The molecule has 0 aliphatic rings. The highest BCUT2D eigenvalue weighted by molar-refractivity contribution is 9.10. The summed E-state index contributed by atoms with van der Waals surface area (Å²) < 4.78 is 0.704. The fraction of sp³-hybridized carbons (Fsp3) is 0.300. The van der Waals surface area contributed by atoms with E-state index in [-0.39, 0.29) is 11.3 Å². The molecule has 0 spiro atoms. The van der Waals surface area contributed by atoms with Gasteiger partial charge in [-0.25, -0.2) is 0 Å². The zero-order valence-electron chi connectivity index (χ0n) is 8.06. The largest absolute Gasteiger partial charge is 0.351 e. The Labute approximate surface area is 107 Å². The summed E-state index contributed by atoms with van der Waals surface area (Å²) in [5.41, 5.74) is 0.559. The number of carbonyl (C=O) groups excluding carboxylic acids is 1. The third-order valence-corrected chi connectivity index (χ3v) is 3.09. The number of benzene rings is 1. The molecule has 1 aromatic carbocycles. The van der Waals surface area contributed by atoms with E-state index < -0.39 is 0 Å². The van der Waals surface area contributed by atoms with E-state index >= 15 is 0 Å². The normalized spacial score (nSPS) is 12.3. The molecule has 1 aromatic rings. The zero-order chi connectivity index (χ0) is 11.4. The van der Waals surface area contributed by atoms with Crippen LogP contribution >= 0.6 is 39.1 Å². The molecule has 0 saturated carbocycles. The van der Waals surface area contributed by atoms with E-state index in [4.69, 9.17) is 23.2 Å². The highest BCUT2D eigenvalue weighted by Gasteiger charge is 2.08. The predicted molar refractivity (Wildman–Crippen MR) is 66.8 cm³/mol. The first-order valence-corrected chi connectivity index (χ1v) is 5.98. The van der Waals surface area contributed by atoms with Crippen LogP contribution in [0.1, 0.15) is 17.3 Å². The molecule has 0 heterocycles. The highest BCUT2D eigenvalue weighted by Crippen LogP contribution is 2.23. The van der Waals surface area contributed by atoms with Gasteiger partial charge in [-0.2, -0.15) is 0 Å². The van der Waals surface area contributed by atoms with Crippen molar-refractivity contribution in [3.8, 4) is 0 Å². The number of hydrogen-bond acceptors (Lipinski definition) is 1. The van der Waals surface area contributed by atoms with Gasteiger partial charge in [-0.3, -0.25) is 4.79 Å². The van der Waals surface area contributed by atoms with Crippen LogP contribution in [-0.4, -0.2) is 17.8 Å². The SMILES string of the molecule is CC(Cl)CNC(=O)c1ccc(Cl)c(Br)c1. The Balaban J connectivity index is 2.70. The van der Waals surface area contributed by atoms with Crippen molar-refractivity contribution >= 4 is 45.0 Å². The Morgan fingerprint density at radius 2 is 2.27 bits per heavy atom. The van der Waals surface area contributed by atoms with Crippen LogP contribution in [0.5, 0.6) is 0 Å². The molecule has 0 aliphatic heterocycles. The minimum absolute atomic E-state index is 0.0790. The minimum Gasteiger partial charge on any atom is -0.351 e. The number of hydrogen-bond donors (Lipinski definition) is 1. The standard InChI is InChI=1S/C10H10BrCl2NO/c1-6(12)5-14-10(15)7-2-3-9(13)8(11)4-7/h2-4,6H,5H2,1H3,(H,14,15). The second-order valence-corrected chi connectivity index (χ2v) is 5.13. The fourth-order valence-corrected chi connectivity index (χ4v) is 1.55. The first-order chi connectivity index (χ1) is 7.00. The quantitative estimate of drug-likeness (QED) is 0.851. The summed E-state index contributed by atoms with van der Waals surface area (Å²) in [5, 5.41) is 3.21. The minimum atomic E-state index is -0.153. The third-order valence-electron chi connectivity index (χ3n) is 1.73. The number of rotatable bonds is 3. The molecule has 1 unspecified atom stereocenters. The predicted octanol–water partition coefficient (Wildman–Crippen LogP) is 3.46. The van der Waals surface area contributed by atoms with Gasteiger partial charge < -0.3 is 5.32 Å². The summed E-state index contributed by atoms with van der Waals surface area (Å²) in [6, 6.07) is 5.02. The van der Waals surface area contributed by atoms with Crippen LogP contribution in [0.15, 0.2) is 22.7 Å². The van der Waals surface area contributed by atoms with E-state index in [1.54, 1.807) is 18.2 Å². The molecule has 82 valence electrons. The summed E-state index contributed by atoms with van der Waals surface area (Å²) in [7, 11) is 0. The molecule has 0 aliphatic carbocycles. The molecule has 0 bridgehead atoms. The lowest BCUT2D eigenvalue weighted by Crippen LogP contribution is -2.28. The van der Waals surface area contributed by atoms with Gasteiger partial charge in [0.05, 0.1) is 5.02 Å². The Morgan fingerprint density at radius 3 is 2.80 bits per heavy atom. The van der Waals surface area contributed by atoms with Gasteiger partial charge in [0, 0.05) is 22.0 Å². The van der Waals surface area contributed by atoms with Gasteiger partial charge in [-0.05, 0) is 41.1 Å². The molecule has 1 amide bonds. The number of alkyl halides is 1. The molecule has 5 heteroatoms. The second kappa shape index (κ2) is 5.73. The van der Waals surface area contributed by atoms with E-state index in [1.807, 2.05) is 6.92 Å². The van der Waals surface area contributed by atoms with E-state index in [0.29, 0.717) is 21.6 Å². The maximum Gasteiger partial charge on any atom is 0.251 e. The van der Waals surface area contributed by atoms with Gasteiger partial charge in [0.1, 0.15) is 0 Å². The molecule has 0 aromatic heterocycles. The Hall–Kier alpha value is -0.250. The van der Waals surface area contributed by atoms with E-state index in [0.717, 1.165) is 0 Å². The lowest BCUT2D eigenvalue weighted by molar-refractivity contribution is 0.0954. The van der Waals surface area contributed by atoms with Gasteiger partial charge in [0.25, 0.3) is 5.91 Å².